The van der Waals surface area contributed by atoms with Crippen molar-refractivity contribution < 1.29 is 4.79 Å². The number of Topliss-reactive ketones (excluding diaryl/α,β-unsaturated/α-hetero) is 1. The molecule has 0 radical (unpaired) electrons. The van der Waals surface area contributed by atoms with Crippen LogP contribution >= 0.6 is 0 Å². The fourth-order valence-corrected chi connectivity index (χ4v) is 3.59. The minimum Gasteiger partial charge on any atom is -0.294 e. The van der Waals surface area contributed by atoms with Gasteiger partial charge in [0, 0.05) is 5.92 Å². The van der Waals surface area contributed by atoms with Crippen molar-refractivity contribution in [2.45, 2.75) is 26.7 Å². The van der Waals surface area contributed by atoms with E-state index in [2.05, 4.69) is 32.1 Å². The molecule has 4 atom stereocenters. The normalized spacial score (nSPS) is 41.5. The summed E-state index contributed by atoms with van der Waals surface area (Å²) in [5.74, 6) is 3.19. The van der Waals surface area contributed by atoms with Crippen molar-refractivity contribution in [1.82, 2.24) is 0 Å². The Kier molecular flexibility index (Phi) is 1.92. The molecular weight excluding hydrogens is 184 g/mol. The maximum atomic E-state index is 12.2. The van der Waals surface area contributed by atoms with E-state index in [4.69, 9.17) is 0 Å². The molecule has 0 spiro atoms. The Labute approximate surface area is 91.2 Å². The lowest BCUT2D eigenvalue weighted by molar-refractivity contribution is -0.119. The van der Waals surface area contributed by atoms with Crippen molar-refractivity contribution in [3.05, 3.63) is 23.8 Å². The van der Waals surface area contributed by atoms with Crippen LogP contribution in [0.25, 0.3) is 0 Å². The second-order valence-electron chi connectivity index (χ2n) is 5.71. The number of ketones is 1. The fraction of sp³-hybridized carbons (Fsp3) is 0.643. The van der Waals surface area contributed by atoms with Crippen LogP contribution < -0.4 is 0 Å². The van der Waals surface area contributed by atoms with Gasteiger partial charge in [-0.15, -0.1) is 0 Å². The third kappa shape index (κ3) is 1.25. The highest BCUT2D eigenvalue weighted by atomic mass is 16.1. The molecule has 0 amide bonds. The Hall–Kier alpha value is -0.850. The lowest BCUT2D eigenvalue weighted by Crippen LogP contribution is -2.21. The Morgan fingerprint density at radius 2 is 2.07 bits per heavy atom. The summed E-state index contributed by atoms with van der Waals surface area (Å²) in [6.45, 7) is 4.38. The zero-order valence-electron chi connectivity index (χ0n) is 9.44. The van der Waals surface area contributed by atoms with Crippen LogP contribution in [0, 0.1) is 29.6 Å². The Morgan fingerprint density at radius 3 is 2.73 bits per heavy atom. The molecule has 0 saturated heterocycles. The van der Waals surface area contributed by atoms with Gasteiger partial charge in [0.1, 0.15) is 0 Å². The molecule has 1 saturated carbocycles. The van der Waals surface area contributed by atoms with Gasteiger partial charge in [-0.05, 0) is 42.1 Å². The molecule has 15 heavy (non-hydrogen) atoms. The molecule has 1 heteroatoms. The molecule has 2 bridgehead atoms. The van der Waals surface area contributed by atoms with Crippen molar-refractivity contribution in [1.29, 1.82) is 0 Å². The molecule has 0 aromatic carbocycles. The molecule has 0 heterocycles. The SMILES string of the molecule is CC(C)CC1=CC2C3C=CC(C3)C2C1=O. The number of hydrogen-bond donors (Lipinski definition) is 0. The summed E-state index contributed by atoms with van der Waals surface area (Å²) in [7, 11) is 0. The Balaban J connectivity index is 1.86. The number of rotatable bonds is 2. The highest BCUT2D eigenvalue weighted by Crippen LogP contribution is 2.53. The van der Waals surface area contributed by atoms with Gasteiger partial charge in [0.2, 0.25) is 0 Å². The van der Waals surface area contributed by atoms with Gasteiger partial charge < -0.3 is 0 Å². The summed E-state index contributed by atoms with van der Waals surface area (Å²) < 4.78 is 0. The summed E-state index contributed by atoms with van der Waals surface area (Å²) in [5.41, 5.74) is 1.12. The van der Waals surface area contributed by atoms with E-state index in [1.165, 1.54) is 6.42 Å². The van der Waals surface area contributed by atoms with Crippen molar-refractivity contribution in [3.63, 3.8) is 0 Å². The standard InChI is InChI=1S/C14H18O/c1-8(2)5-11-7-12-9-3-4-10(6-9)13(12)14(11)15/h3-4,7-10,12-13H,5-6H2,1-2H3. The molecule has 3 aliphatic carbocycles. The average Bonchev–Trinajstić information content (AvgIpc) is 2.79. The summed E-state index contributed by atoms with van der Waals surface area (Å²) in [4.78, 5) is 12.2. The predicted octanol–water partition coefficient (Wildman–Crippen LogP) is 2.98. The predicted molar refractivity (Wildman–Crippen MR) is 60.3 cm³/mol. The summed E-state index contributed by atoms with van der Waals surface area (Å²) in [5, 5.41) is 0. The van der Waals surface area contributed by atoms with E-state index in [0.717, 1.165) is 12.0 Å². The van der Waals surface area contributed by atoms with Gasteiger partial charge in [0.05, 0.1) is 0 Å². The first-order chi connectivity index (χ1) is 7.16. The second kappa shape index (κ2) is 3.07. The average molecular weight is 202 g/mol. The van der Waals surface area contributed by atoms with Crippen LogP contribution in [-0.2, 0) is 4.79 Å². The van der Waals surface area contributed by atoms with Crippen LogP contribution in [0.3, 0.4) is 0 Å². The van der Waals surface area contributed by atoms with E-state index < -0.39 is 0 Å². The second-order valence-corrected chi connectivity index (χ2v) is 5.71. The molecule has 80 valence electrons. The number of hydrogen-bond acceptors (Lipinski definition) is 1. The first-order valence-electron chi connectivity index (χ1n) is 6.10. The van der Waals surface area contributed by atoms with Crippen LogP contribution in [-0.4, -0.2) is 5.78 Å². The Bertz CT molecular complexity index is 362. The highest BCUT2D eigenvalue weighted by Gasteiger charge is 2.50. The van der Waals surface area contributed by atoms with Crippen molar-refractivity contribution in [2.24, 2.45) is 29.6 Å². The van der Waals surface area contributed by atoms with E-state index in [0.29, 0.717) is 35.4 Å². The Morgan fingerprint density at radius 1 is 1.33 bits per heavy atom. The third-order valence-corrected chi connectivity index (χ3v) is 4.16. The summed E-state index contributed by atoms with van der Waals surface area (Å²) in [6, 6.07) is 0. The zero-order chi connectivity index (χ0) is 10.6. The highest BCUT2D eigenvalue weighted by molar-refractivity contribution is 6.00. The first kappa shape index (κ1) is 9.38. The van der Waals surface area contributed by atoms with Gasteiger partial charge in [-0.3, -0.25) is 4.79 Å². The van der Waals surface area contributed by atoms with Crippen LogP contribution in [0.4, 0.5) is 0 Å². The van der Waals surface area contributed by atoms with E-state index in [1.54, 1.807) is 0 Å². The summed E-state index contributed by atoms with van der Waals surface area (Å²) >= 11 is 0. The monoisotopic (exact) mass is 202 g/mol. The van der Waals surface area contributed by atoms with Gasteiger partial charge in [-0.25, -0.2) is 0 Å². The van der Waals surface area contributed by atoms with Crippen molar-refractivity contribution in [2.75, 3.05) is 0 Å². The molecule has 1 nitrogen and oxygen atoms in total. The number of allylic oxidation sites excluding steroid dienone is 4. The van der Waals surface area contributed by atoms with Crippen LogP contribution in [0.2, 0.25) is 0 Å². The molecule has 0 aromatic rings. The topological polar surface area (TPSA) is 17.1 Å². The van der Waals surface area contributed by atoms with Crippen LogP contribution in [0.15, 0.2) is 23.8 Å². The lowest BCUT2D eigenvalue weighted by Gasteiger charge is -2.18. The van der Waals surface area contributed by atoms with Gasteiger partial charge in [-0.1, -0.05) is 32.1 Å². The van der Waals surface area contributed by atoms with Crippen molar-refractivity contribution >= 4 is 5.78 Å². The van der Waals surface area contributed by atoms with Crippen molar-refractivity contribution in [3.8, 4) is 0 Å². The first-order valence-corrected chi connectivity index (χ1v) is 6.10. The number of fused-ring (bicyclic) bond motifs is 5. The van der Waals surface area contributed by atoms with E-state index in [1.807, 2.05) is 0 Å². The third-order valence-electron chi connectivity index (χ3n) is 4.16. The molecule has 0 N–H and O–H groups in total. The molecular formula is C14H18O. The summed E-state index contributed by atoms with van der Waals surface area (Å²) in [6.07, 6.45) is 9.10. The fourth-order valence-electron chi connectivity index (χ4n) is 3.59. The van der Waals surface area contributed by atoms with Gasteiger partial charge >= 0.3 is 0 Å². The molecule has 3 rings (SSSR count). The quantitative estimate of drug-likeness (QED) is 0.629. The van der Waals surface area contributed by atoms with Crippen LogP contribution in [0.1, 0.15) is 26.7 Å². The van der Waals surface area contributed by atoms with Gasteiger partial charge in [0.15, 0.2) is 5.78 Å². The molecule has 0 aromatic heterocycles. The smallest absolute Gasteiger partial charge is 0.162 e. The molecule has 1 fully saturated rings. The van der Waals surface area contributed by atoms with E-state index in [-0.39, 0.29) is 0 Å². The lowest BCUT2D eigenvalue weighted by atomic mass is 9.84. The van der Waals surface area contributed by atoms with Gasteiger partial charge in [0.25, 0.3) is 0 Å². The van der Waals surface area contributed by atoms with Gasteiger partial charge in [-0.2, -0.15) is 0 Å². The number of carbonyl (C=O) groups is 1. The number of carbonyl (C=O) groups excluding carboxylic acids is 1. The molecule has 4 unspecified atom stereocenters. The van der Waals surface area contributed by atoms with Crippen LogP contribution in [0.5, 0.6) is 0 Å². The molecule has 3 aliphatic rings. The maximum absolute atomic E-state index is 12.2. The van der Waals surface area contributed by atoms with E-state index >= 15 is 0 Å². The largest absolute Gasteiger partial charge is 0.294 e. The van der Waals surface area contributed by atoms with E-state index in [9.17, 15) is 4.79 Å². The minimum atomic E-state index is 0.328. The maximum Gasteiger partial charge on any atom is 0.162 e. The minimum absolute atomic E-state index is 0.328. The zero-order valence-corrected chi connectivity index (χ0v) is 9.44. The molecule has 0 aliphatic heterocycles.